The fourth-order valence-corrected chi connectivity index (χ4v) is 2.63. The Hall–Kier alpha value is -1.59. The minimum absolute atomic E-state index is 0.139. The van der Waals surface area contributed by atoms with E-state index in [-0.39, 0.29) is 17.9 Å². The third-order valence-corrected chi connectivity index (χ3v) is 4.03. The predicted molar refractivity (Wildman–Crippen MR) is 87.1 cm³/mol. The third kappa shape index (κ3) is 4.71. The lowest BCUT2D eigenvalue weighted by atomic mass is 10.1. The Morgan fingerprint density at radius 1 is 1.36 bits per heavy atom. The zero-order valence-corrected chi connectivity index (χ0v) is 13.5. The fourth-order valence-electron chi connectivity index (χ4n) is 2.50. The highest BCUT2D eigenvalue weighted by Gasteiger charge is 2.22. The molecular weight excluding hydrogens is 302 g/mol. The van der Waals surface area contributed by atoms with Crippen LogP contribution in [-0.4, -0.2) is 48.9 Å². The molecule has 1 aliphatic rings. The summed E-state index contributed by atoms with van der Waals surface area (Å²) < 4.78 is 0. The summed E-state index contributed by atoms with van der Waals surface area (Å²) >= 11 is 5.79. The Bertz CT molecular complexity index is 519. The van der Waals surface area contributed by atoms with Crippen molar-refractivity contribution in [3.8, 4) is 0 Å². The number of rotatable bonds is 5. The van der Waals surface area contributed by atoms with E-state index in [2.05, 4.69) is 10.6 Å². The minimum Gasteiger partial charge on any atom is -0.352 e. The monoisotopic (exact) mass is 323 g/mol. The molecule has 1 saturated heterocycles. The first-order chi connectivity index (χ1) is 10.6. The van der Waals surface area contributed by atoms with Crippen LogP contribution >= 0.6 is 11.6 Å². The fraction of sp³-hybridized carbons (Fsp3) is 0.500. The number of hydrogen-bond donors (Lipinski definition) is 2. The van der Waals surface area contributed by atoms with Gasteiger partial charge in [0, 0.05) is 49.2 Å². The molecule has 2 amide bonds. The molecular formula is C16H22ClN3O2. The summed E-state index contributed by atoms with van der Waals surface area (Å²) in [6.45, 7) is 5.00. The molecule has 1 aromatic rings. The molecule has 0 radical (unpaired) electrons. The highest BCUT2D eigenvalue weighted by atomic mass is 35.5. The standard InChI is InChI=1S/C16H22ClN3O2/c1-12-11-18-9-10-20(12)15(21)3-2-8-19-16(22)13-4-6-14(17)7-5-13/h4-7,12,18H,2-3,8-11H2,1H3,(H,19,22). The molecule has 0 saturated carbocycles. The average Bonchev–Trinajstić information content (AvgIpc) is 2.52. The van der Waals surface area contributed by atoms with Crippen LogP contribution in [0.3, 0.4) is 0 Å². The Morgan fingerprint density at radius 2 is 2.09 bits per heavy atom. The van der Waals surface area contributed by atoms with E-state index in [1.807, 2.05) is 11.8 Å². The van der Waals surface area contributed by atoms with Gasteiger partial charge >= 0.3 is 0 Å². The number of nitrogens with one attached hydrogen (secondary N) is 2. The molecule has 1 fully saturated rings. The highest BCUT2D eigenvalue weighted by molar-refractivity contribution is 6.30. The van der Waals surface area contributed by atoms with E-state index in [1.165, 1.54) is 0 Å². The molecule has 1 unspecified atom stereocenters. The van der Waals surface area contributed by atoms with Gasteiger partial charge in [0.15, 0.2) is 0 Å². The molecule has 0 bridgehead atoms. The van der Waals surface area contributed by atoms with Crippen LogP contribution in [0.5, 0.6) is 0 Å². The van der Waals surface area contributed by atoms with Crippen LogP contribution < -0.4 is 10.6 Å². The van der Waals surface area contributed by atoms with Crippen LogP contribution in [-0.2, 0) is 4.79 Å². The molecule has 120 valence electrons. The number of piperazine rings is 1. The molecule has 2 rings (SSSR count). The van der Waals surface area contributed by atoms with Gasteiger partial charge in [-0.05, 0) is 37.6 Å². The number of carbonyl (C=O) groups excluding carboxylic acids is 2. The topological polar surface area (TPSA) is 61.4 Å². The van der Waals surface area contributed by atoms with Crippen LogP contribution in [0.2, 0.25) is 5.02 Å². The molecule has 1 aliphatic heterocycles. The number of amides is 2. The quantitative estimate of drug-likeness (QED) is 0.810. The van der Waals surface area contributed by atoms with Crippen LogP contribution in [0.15, 0.2) is 24.3 Å². The maximum Gasteiger partial charge on any atom is 0.251 e. The second kappa shape index (κ2) is 8.15. The van der Waals surface area contributed by atoms with Crippen molar-refractivity contribution in [2.75, 3.05) is 26.2 Å². The van der Waals surface area contributed by atoms with E-state index in [4.69, 9.17) is 11.6 Å². The SMILES string of the molecule is CC1CNCCN1C(=O)CCCNC(=O)c1ccc(Cl)cc1. The number of benzene rings is 1. The summed E-state index contributed by atoms with van der Waals surface area (Å²) in [6.07, 6.45) is 1.11. The molecule has 0 aromatic heterocycles. The van der Waals surface area contributed by atoms with Crippen molar-refractivity contribution in [3.05, 3.63) is 34.9 Å². The van der Waals surface area contributed by atoms with Crippen molar-refractivity contribution in [1.29, 1.82) is 0 Å². The van der Waals surface area contributed by atoms with Gasteiger partial charge in [-0.2, -0.15) is 0 Å². The van der Waals surface area contributed by atoms with Gasteiger partial charge in [0.2, 0.25) is 5.91 Å². The zero-order valence-electron chi connectivity index (χ0n) is 12.8. The molecule has 22 heavy (non-hydrogen) atoms. The molecule has 0 spiro atoms. The lowest BCUT2D eigenvalue weighted by molar-refractivity contribution is -0.134. The lowest BCUT2D eigenvalue weighted by Gasteiger charge is -2.34. The Kier molecular flexibility index (Phi) is 6.21. The largest absolute Gasteiger partial charge is 0.352 e. The third-order valence-electron chi connectivity index (χ3n) is 3.78. The number of hydrogen-bond acceptors (Lipinski definition) is 3. The highest BCUT2D eigenvalue weighted by Crippen LogP contribution is 2.09. The van der Waals surface area contributed by atoms with Gasteiger partial charge in [-0.3, -0.25) is 9.59 Å². The van der Waals surface area contributed by atoms with Gasteiger partial charge in [0.1, 0.15) is 0 Å². The summed E-state index contributed by atoms with van der Waals surface area (Å²) in [5, 5.41) is 6.69. The van der Waals surface area contributed by atoms with Gasteiger partial charge in [-0.1, -0.05) is 11.6 Å². The average molecular weight is 324 g/mol. The van der Waals surface area contributed by atoms with Gasteiger partial charge in [0.25, 0.3) is 5.91 Å². The predicted octanol–water partition coefficient (Wildman–Crippen LogP) is 1.67. The van der Waals surface area contributed by atoms with Crippen LogP contribution in [0.4, 0.5) is 0 Å². The Balaban J connectivity index is 1.69. The Morgan fingerprint density at radius 3 is 2.77 bits per heavy atom. The second-order valence-corrected chi connectivity index (χ2v) is 5.94. The zero-order chi connectivity index (χ0) is 15.9. The van der Waals surface area contributed by atoms with E-state index >= 15 is 0 Å². The minimum atomic E-state index is -0.139. The van der Waals surface area contributed by atoms with E-state index in [0.717, 1.165) is 19.6 Å². The van der Waals surface area contributed by atoms with Crippen molar-refractivity contribution >= 4 is 23.4 Å². The van der Waals surface area contributed by atoms with Crippen molar-refractivity contribution in [1.82, 2.24) is 15.5 Å². The van der Waals surface area contributed by atoms with E-state index in [1.54, 1.807) is 24.3 Å². The Labute approximate surface area is 136 Å². The van der Waals surface area contributed by atoms with E-state index in [0.29, 0.717) is 30.0 Å². The second-order valence-electron chi connectivity index (χ2n) is 5.51. The first kappa shape index (κ1) is 16.8. The van der Waals surface area contributed by atoms with Crippen molar-refractivity contribution in [3.63, 3.8) is 0 Å². The van der Waals surface area contributed by atoms with E-state index in [9.17, 15) is 9.59 Å². The first-order valence-corrected chi connectivity index (χ1v) is 7.99. The summed E-state index contributed by atoms with van der Waals surface area (Å²) in [6, 6.07) is 6.98. The number of nitrogens with zero attached hydrogens (tertiary/aromatic N) is 1. The number of carbonyl (C=O) groups is 2. The van der Waals surface area contributed by atoms with Crippen molar-refractivity contribution in [2.24, 2.45) is 0 Å². The van der Waals surface area contributed by atoms with E-state index < -0.39 is 0 Å². The molecule has 1 aromatic carbocycles. The molecule has 6 heteroatoms. The molecule has 2 N–H and O–H groups in total. The van der Waals surface area contributed by atoms with Crippen LogP contribution in [0, 0.1) is 0 Å². The normalized spacial score (nSPS) is 18.1. The lowest BCUT2D eigenvalue weighted by Crippen LogP contribution is -2.52. The molecule has 1 heterocycles. The van der Waals surface area contributed by atoms with Gasteiger partial charge in [-0.25, -0.2) is 0 Å². The molecule has 1 atom stereocenters. The van der Waals surface area contributed by atoms with Crippen LogP contribution in [0.1, 0.15) is 30.1 Å². The van der Waals surface area contributed by atoms with Crippen LogP contribution in [0.25, 0.3) is 0 Å². The first-order valence-electron chi connectivity index (χ1n) is 7.62. The molecule has 0 aliphatic carbocycles. The smallest absolute Gasteiger partial charge is 0.251 e. The van der Waals surface area contributed by atoms with Crippen molar-refractivity contribution < 1.29 is 9.59 Å². The summed E-state index contributed by atoms with van der Waals surface area (Å²) in [5.74, 6) is 0.0226. The number of halogens is 1. The van der Waals surface area contributed by atoms with Gasteiger partial charge in [-0.15, -0.1) is 0 Å². The molecule has 5 nitrogen and oxygen atoms in total. The summed E-state index contributed by atoms with van der Waals surface area (Å²) in [5.41, 5.74) is 0.575. The summed E-state index contributed by atoms with van der Waals surface area (Å²) in [4.78, 5) is 25.9. The van der Waals surface area contributed by atoms with Gasteiger partial charge < -0.3 is 15.5 Å². The maximum atomic E-state index is 12.1. The van der Waals surface area contributed by atoms with Gasteiger partial charge in [0.05, 0.1) is 0 Å². The maximum absolute atomic E-state index is 12.1. The summed E-state index contributed by atoms with van der Waals surface area (Å²) in [7, 11) is 0. The van der Waals surface area contributed by atoms with Crippen molar-refractivity contribution in [2.45, 2.75) is 25.8 Å².